The van der Waals surface area contributed by atoms with E-state index in [1.165, 1.54) is 0 Å². The van der Waals surface area contributed by atoms with Crippen LogP contribution in [-0.2, 0) is 4.74 Å². The molecule has 144 valence electrons. The van der Waals surface area contributed by atoms with E-state index in [9.17, 15) is 4.79 Å². The summed E-state index contributed by atoms with van der Waals surface area (Å²) >= 11 is 0. The summed E-state index contributed by atoms with van der Waals surface area (Å²) in [4.78, 5) is 23.9. The first-order valence-electron chi connectivity index (χ1n) is 9.72. The number of piperidine rings is 1. The third-order valence-corrected chi connectivity index (χ3v) is 5.11. The fraction of sp³-hybridized carbons (Fsp3) is 0.700. The van der Waals surface area contributed by atoms with Gasteiger partial charge in [-0.2, -0.15) is 0 Å². The van der Waals surface area contributed by atoms with Crippen LogP contribution in [0.2, 0.25) is 0 Å². The number of hydrogen-bond donors (Lipinski definition) is 0. The van der Waals surface area contributed by atoms with Crippen molar-refractivity contribution >= 4 is 11.9 Å². The number of anilines is 1. The van der Waals surface area contributed by atoms with Gasteiger partial charge in [0, 0.05) is 38.9 Å². The van der Waals surface area contributed by atoms with Gasteiger partial charge in [0.1, 0.15) is 11.4 Å². The number of aromatic nitrogens is 1. The molecule has 3 rings (SSSR count). The van der Waals surface area contributed by atoms with Crippen molar-refractivity contribution in [2.45, 2.75) is 51.7 Å². The molecule has 0 radical (unpaired) electrons. The summed E-state index contributed by atoms with van der Waals surface area (Å²) in [5.74, 6) is 1.03. The van der Waals surface area contributed by atoms with Crippen molar-refractivity contribution in [1.82, 2.24) is 14.8 Å². The molecule has 0 aliphatic carbocycles. The highest BCUT2D eigenvalue weighted by atomic mass is 16.6. The van der Waals surface area contributed by atoms with Crippen molar-refractivity contribution in [3.63, 3.8) is 0 Å². The average Bonchev–Trinajstić information content (AvgIpc) is 2.61. The lowest BCUT2D eigenvalue weighted by Gasteiger charge is -2.37. The molecule has 1 amide bonds. The molecule has 1 atom stereocenters. The first-order chi connectivity index (χ1) is 12.3. The summed E-state index contributed by atoms with van der Waals surface area (Å²) in [6.45, 7) is 10.6. The monoisotopic (exact) mass is 360 g/mol. The minimum absolute atomic E-state index is 0.0626. The third-order valence-electron chi connectivity index (χ3n) is 5.11. The first-order valence-corrected chi connectivity index (χ1v) is 9.72. The number of nitrogens with zero attached hydrogens (tertiary/aromatic N) is 4. The van der Waals surface area contributed by atoms with Gasteiger partial charge in [0.2, 0.25) is 0 Å². The number of carbonyl (C=O) groups is 1. The number of hydrogen-bond acceptors (Lipinski definition) is 5. The molecule has 0 saturated carbocycles. The Morgan fingerprint density at radius 1 is 1.12 bits per heavy atom. The molecule has 0 unspecified atom stereocenters. The molecule has 2 saturated heterocycles. The zero-order valence-electron chi connectivity index (χ0n) is 16.6. The van der Waals surface area contributed by atoms with E-state index in [-0.39, 0.29) is 12.1 Å². The lowest BCUT2D eigenvalue weighted by atomic mass is 9.97. The van der Waals surface area contributed by atoms with E-state index in [1.807, 2.05) is 31.9 Å². The summed E-state index contributed by atoms with van der Waals surface area (Å²) in [6, 6.07) is 4.30. The second-order valence-corrected chi connectivity index (χ2v) is 8.43. The van der Waals surface area contributed by atoms with Gasteiger partial charge in [-0.15, -0.1) is 0 Å². The molecule has 2 fully saturated rings. The number of ether oxygens (including phenoxy) is 1. The van der Waals surface area contributed by atoms with Crippen LogP contribution in [0, 0.1) is 0 Å². The predicted octanol–water partition coefficient (Wildman–Crippen LogP) is 3.30. The molecule has 0 spiro atoms. The number of likely N-dealkylation sites (tertiary alicyclic amines) is 1. The van der Waals surface area contributed by atoms with Gasteiger partial charge in [-0.25, -0.2) is 9.78 Å². The van der Waals surface area contributed by atoms with Gasteiger partial charge in [-0.05, 0) is 58.7 Å². The van der Waals surface area contributed by atoms with E-state index in [4.69, 9.17) is 9.72 Å². The third kappa shape index (κ3) is 4.67. The summed E-state index contributed by atoms with van der Waals surface area (Å²) in [5, 5.41) is 0. The van der Waals surface area contributed by atoms with Crippen molar-refractivity contribution in [2.24, 2.45) is 0 Å². The SMILES string of the molecule is CN1CCN(c2ccc([C@@H]3CCCCN3C(=O)OC(C)(C)C)cn2)CC1. The summed E-state index contributed by atoms with van der Waals surface area (Å²) in [6.07, 6.45) is 4.85. The molecular weight excluding hydrogens is 328 g/mol. The van der Waals surface area contributed by atoms with Gasteiger partial charge in [-0.3, -0.25) is 0 Å². The second-order valence-electron chi connectivity index (χ2n) is 8.43. The smallest absolute Gasteiger partial charge is 0.410 e. The lowest BCUT2D eigenvalue weighted by Crippen LogP contribution is -2.44. The molecule has 26 heavy (non-hydrogen) atoms. The van der Waals surface area contributed by atoms with Gasteiger partial charge in [0.25, 0.3) is 0 Å². The average molecular weight is 361 g/mol. The lowest BCUT2D eigenvalue weighted by molar-refractivity contribution is 0.00948. The minimum Gasteiger partial charge on any atom is -0.444 e. The highest BCUT2D eigenvalue weighted by Crippen LogP contribution is 2.32. The standard InChI is InChI=1S/C20H32N4O2/c1-20(2,3)26-19(25)24-10-6-5-7-17(24)16-8-9-18(21-15-16)23-13-11-22(4)12-14-23/h8-9,15,17H,5-7,10-14H2,1-4H3/t17-/m0/s1. The van der Waals surface area contributed by atoms with Crippen LogP contribution in [-0.4, -0.2) is 66.2 Å². The molecule has 2 aliphatic rings. The Morgan fingerprint density at radius 2 is 1.85 bits per heavy atom. The van der Waals surface area contributed by atoms with E-state index in [2.05, 4.69) is 29.0 Å². The van der Waals surface area contributed by atoms with Crippen molar-refractivity contribution in [3.8, 4) is 0 Å². The van der Waals surface area contributed by atoms with Crippen LogP contribution >= 0.6 is 0 Å². The van der Waals surface area contributed by atoms with E-state index in [1.54, 1.807) is 0 Å². The Labute approximate surface area is 157 Å². The maximum Gasteiger partial charge on any atom is 0.410 e. The van der Waals surface area contributed by atoms with Crippen LogP contribution in [0.5, 0.6) is 0 Å². The molecule has 1 aromatic rings. The van der Waals surface area contributed by atoms with Crippen LogP contribution < -0.4 is 4.90 Å². The Hall–Kier alpha value is -1.82. The van der Waals surface area contributed by atoms with Gasteiger partial charge < -0.3 is 19.4 Å². The predicted molar refractivity (Wildman–Crippen MR) is 103 cm³/mol. The van der Waals surface area contributed by atoms with Gasteiger partial charge >= 0.3 is 6.09 Å². The normalized spacial score (nSPS) is 22.4. The molecule has 6 nitrogen and oxygen atoms in total. The van der Waals surface area contributed by atoms with Crippen LogP contribution in [0.3, 0.4) is 0 Å². The van der Waals surface area contributed by atoms with E-state index in [0.29, 0.717) is 0 Å². The zero-order chi connectivity index (χ0) is 18.7. The van der Waals surface area contributed by atoms with E-state index in [0.717, 1.165) is 63.4 Å². The van der Waals surface area contributed by atoms with E-state index < -0.39 is 5.60 Å². The summed E-state index contributed by atoms with van der Waals surface area (Å²) in [5.41, 5.74) is 0.635. The number of rotatable bonds is 2. The highest BCUT2D eigenvalue weighted by Gasteiger charge is 2.31. The Balaban J connectivity index is 1.70. The van der Waals surface area contributed by atoms with Crippen molar-refractivity contribution in [1.29, 1.82) is 0 Å². The van der Waals surface area contributed by atoms with Crippen molar-refractivity contribution in [2.75, 3.05) is 44.7 Å². The van der Waals surface area contributed by atoms with Crippen molar-refractivity contribution in [3.05, 3.63) is 23.9 Å². The fourth-order valence-electron chi connectivity index (χ4n) is 3.63. The molecular formula is C20H32N4O2. The van der Waals surface area contributed by atoms with Gasteiger partial charge in [0.15, 0.2) is 0 Å². The fourth-order valence-corrected chi connectivity index (χ4v) is 3.63. The molecule has 0 bridgehead atoms. The Kier molecular flexibility index (Phi) is 5.70. The number of amides is 1. The number of pyridine rings is 1. The number of likely N-dealkylation sites (N-methyl/N-ethyl adjacent to an activating group) is 1. The maximum atomic E-state index is 12.6. The van der Waals surface area contributed by atoms with Gasteiger partial charge in [0.05, 0.1) is 6.04 Å². The molecule has 2 aliphatic heterocycles. The molecule has 1 aromatic heterocycles. The van der Waals surface area contributed by atoms with Gasteiger partial charge in [-0.1, -0.05) is 6.07 Å². The zero-order valence-corrected chi connectivity index (χ0v) is 16.6. The largest absolute Gasteiger partial charge is 0.444 e. The quantitative estimate of drug-likeness (QED) is 0.810. The van der Waals surface area contributed by atoms with Crippen LogP contribution in [0.1, 0.15) is 51.6 Å². The number of carbonyl (C=O) groups excluding carboxylic acids is 1. The van der Waals surface area contributed by atoms with Crippen molar-refractivity contribution < 1.29 is 9.53 Å². The highest BCUT2D eigenvalue weighted by molar-refractivity contribution is 5.69. The molecule has 0 aromatic carbocycles. The Bertz CT molecular complexity index is 603. The summed E-state index contributed by atoms with van der Waals surface area (Å²) in [7, 11) is 2.15. The second kappa shape index (κ2) is 7.82. The molecule has 3 heterocycles. The maximum absolute atomic E-state index is 12.6. The molecule has 6 heteroatoms. The minimum atomic E-state index is -0.470. The first kappa shape index (κ1) is 19.0. The van der Waals surface area contributed by atoms with E-state index >= 15 is 0 Å². The Morgan fingerprint density at radius 3 is 2.46 bits per heavy atom. The van der Waals surface area contributed by atoms with Crippen LogP contribution in [0.25, 0.3) is 0 Å². The molecule has 0 N–H and O–H groups in total. The summed E-state index contributed by atoms with van der Waals surface area (Å²) < 4.78 is 5.61. The van der Waals surface area contributed by atoms with Crippen LogP contribution in [0.15, 0.2) is 18.3 Å². The number of piperazine rings is 1. The van der Waals surface area contributed by atoms with Crippen LogP contribution in [0.4, 0.5) is 10.6 Å². The topological polar surface area (TPSA) is 48.9 Å².